The first-order chi connectivity index (χ1) is 13.1. The molecule has 2 aromatic rings. The molecule has 6 nitrogen and oxygen atoms in total. The average Bonchev–Trinajstić information content (AvgIpc) is 3.16. The zero-order valence-corrected chi connectivity index (χ0v) is 14.9. The second-order valence-corrected chi connectivity index (χ2v) is 6.55. The molecule has 2 aliphatic heterocycles. The number of hydrogen-bond donors (Lipinski definition) is 0. The molecule has 0 aromatic heterocycles. The van der Waals surface area contributed by atoms with E-state index in [0.29, 0.717) is 34.2 Å². The molecule has 4 rings (SSSR count). The molecule has 0 amide bonds. The zero-order valence-electron chi connectivity index (χ0n) is 14.1. The van der Waals surface area contributed by atoms with E-state index in [1.54, 1.807) is 24.3 Å². The predicted octanol–water partition coefficient (Wildman–Crippen LogP) is 3.58. The Balaban J connectivity index is 1.39. The van der Waals surface area contributed by atoms with E-state index in [-0.39, 0.29) is 25.6 Å². The normalized spacial score (nSPS) is 18.1. The van der Waals surface area contributed by atoms with Crippen molar-refractivity contribution in [3.05, 3.63) is 63.9 Å². The van der Waals surface area contributed by atoms with Crippen molar-refractivity contribution in [3.63, 3.8) is 0 Å². The summed E-state index contributed by atoms with van der Waals surface area (Å²) in [5.74, 6) is -0.329. The molecule has 0 bridgehead atoms. The molecule has 1 atom stereocenters. The zero-order chi connectivity index (χ0) is 18.8. The number of carbonyl (C=O) groups excluding carboxylic acids is 1. The van der Waals surface area contributed by atoms with Gasteiger partial charge in [0, 0.05) is 28.1 Å². The first-order valence-electron chi connectivity index (χ1n) is 8.27. The van der Waals surface area contributed by atoms with Crippen molar-refractivity contribution >= 4 is 23.3 Å². The lowest BCUT2D eigenvalue weighted by Gasteiger charge is -2.21. The van der Waals surface area contributed by atoms with Crippen LogP contribution >= 0.6 is 11.6 Å². The van der Waals surface area contributed by atoms with E-state index < -0.39 is 12.1 Å². The topological polar surface area (TPSA) is 66.4 Å². The monoisotopic (exact) mass is 391 g/mol. The number of oxime groups is 1. The number of hydrogen-bond acceptors (Lipinski definition) is 6. The first kappa shape index (κ1) is 17.8. The predicted molar refractivity (Wildman–Crippen MR) is 94.0 cm³/mol. The van der Waals surface area contributed by atoms with E-state index in [0.717, 1.165) is 5.56 Å². The van der Waals surface area contributed by atoms with Crippen molar-refractivity contribution in [1.29, 1.82) is 0 Å². The van der Waals surface area contributed by atoms with Crippen LogP contribution in [0.4, 0.5) is 4.39 Å². The summed E-state index contributed by atoms with van der Waals surface area (Å²) in [6.07, 6.45) is -0.664. The number of fused-ring (bicyclic) bond motifs is 1. The molecule has 8 heteroatoms. The second-order valence-electron chi connectivity index (χ2n) is 6.12. The van der Waals surface area contributed by atoms with Crippen LogP contribution in [-0.4, -0.2) is 24.6 Å². The van der Waals surface area contributed by atoms with Gasteiger partial charge in [-0.05, 0) is 24.3 Å². The average molecular weight is 392 g/mol. The molecule has 0 N–H and O–H groups in total. The third-order valence-corrected chi connectivity index (χ3v) is 4.43. The largest absolute Gasteiger partial charge is 0.467 e. The van der Waals surface area contributed by atoms with Crippen LogP contribution in [0, 0.1) is 5.82 Å². The molecule has 1 unspecified atom stereocenters. The SMILES string of the molecule is O=C(OCc1cc(Cl)cc2c1OCOC2)C1CC(c2cccc(F)c2)=NO1. The van der Waals surface area contributed by atoms with Crippen LogP contribution in [0.1, 0.15) is 23.1 Å². The van der Waals surface area contributed by atoms with Gasteiger partial charge < -0.3 is 19.0 Å². The van der Waals surface area contributed by atoms with Gasteiger partial charge in [0.1, 0.15) is 18.2 Å². The molecule has 0 aliphatic carbocycles. The number of halogens is 2. The highest BCUT2D eigenvalue weighted by Gasteiger charge is 2.31. The summed E-state index contributed by atoms with van der Waals surface area (Å²) in [7, 11) is 0. The summed E-state index contributed by atoms with van der Waals surface area (Å²) in [4.78, 5) is 17.5. The van der Waals surface area contributed by atoms with Crippen LogP contribution in [0.25, 0.3) is 0 Å². The molecule has 140 valence electrons. The molecule has 27 heavy (non-hydrogen) atoms. The van der Waals surface area contributed by atoms with Gasteiger partial charge in [0.15, 0.2) is 6.79 Å². The van der Waals surface area contributed by atoms with Gasteiger partial charge in [0.25, 0.3) is 0 Å². The lowest BCUT2D eigenvalue weighted by Crippen LogP contribution is -2.24. The quantitative estimate of drug-likeness (QED) is 0.745. The minimum Gasteiger partial charge on any atom is -0.467 e. The lowest BCUT2D eigenvalue weighted by atomic mass is 10.1. The minimum absolute atomic E-state index is 0.0170. The van der Waals surface area contributed by atoms with E-state index in [9.17, 15) is 9.18 Å². The molecule has 0 fully saturated rings. The number of rotatable bonds is 4. The highest BCUT2D eigenvalue weighted by atomic mass is 35.5. The fourth-order valence-corrected chi connectivity index (χ4v) is 3.21. The van der Waals surface area contributed by atoms with E-state index in [4.69, 9.17) is 30.6 Å². The smallest absolute Gasteiger partial charge is 0.350 e. The van der Waals surface area contributed by atoms with Gasteiger partial charge in [-0.1, -0.05) is 28.9 Å². The number of benzene rings is 2. The number of ether oxygens (including phenoxy) is 3. The third-order valence-electron chi connectivity index (χ3n) is 4.21. The van der Waals surface area contributed by atoms with Crippen LogP contribution < -0.4 is 4.74 Å². The maximum atomic E-state index is 13.3. The van der Waals surface area contributed by atoms with Gasteiger partial charge in [0.05, 0.1) is 12.3 Å². The molecular weight excluding hydrogens is 377 g/mol. The first-order valence-corrected chi connectivity index (χ1v) is 8.65. The van der Waals surface area contributed by atoms with Gasteiger partial charge >= 0.3 is 5.97 Å². The molecule has 0 saturated carbocycles. The van der Waals surface area contributed by atoms with Crippen LogP contribution in [0.2, 0.25) is 5.02 Å². The summed E-state index contributed by atoms with van der Waals surface area (Å²) in [5.41, 5.74) is 2.52. The van der Waals surface area contributed by atoms with E-state index >= 15 is 0 Å². The van der Waals surface area contributed by atoms with Crippen molar-refractivity contribution in [2.24, 2.45) is 5.16 Å². The highest BCUT2D eigenvalue weighted by molar-refractivity contribution is 6.30. The Hall–Kier alpha value is -2.64. The molecular formula is C19H15ClFNO5. The Morgan fingerprint density at radius 3 is 3.07 bits per heavy atom. The maximum Gasteiger partial charge on any atom is 0.350 e. The minimum atomic E-state index is -0.873. The van der Waals surface area contributed by atoms with Gasteiger partial charge in [-0.2, -0.15) is 0 Å². The van der Waals surface area contributed by atoms with E-state index in [2.05, 4.69) is 5.16 Å². The van der Waals surface area contributed by atoms with Crippen molar-refractivity contribution < 1.29 is 28.2 Å². The van der Waals surface area contributed by atoms with E-state index in [1.807, 2.05) is 0 Å². The fraction of sp³-hybridized carbons (Fsp3) is 0.263. The lowest BCUT2D eigenvalue weighted by molar-refractivity contribution is -0.156. The summed E-state index contributed by atoms with van der Waals surface area (Å²) in [6.45, 7) is 0.496. The molecule has 2 aromatic carbocycles. The van der Waals surface area contributed by atoms with E-state index in [1.165, 1.54) is 12.1 Å². The highest BCUT2D eigenvalue weighted by Crippen LogP contribution is 2.32. The third kappa shape index (κ3) is 3.89. The van der Waals surface area contributed by atoms with Gasteiger partial charge in [-0.25, -0.2) is 9.18 Å². The molecule has 0 spiro atoms. The summed E-state index contributed by atoms with van der Waals surface area (Å²) < 4.78 is 29.4. The van der Waals surface area contributed by atoms with Crippen molar-refractivity contribution in [3.8, 4) is 5.75 Å². The standard InChI is InChI=1S/C19H15ClFNO5/c20-14-4-12-8-24-10-26-18(12)13(5-14)9-25-19(23)17-7-16(22-27-17)11-2-1-3-15(21)6-11/h1-6,17H,7-10H2. The van der Waals surface area contributed by atoms with Gasteiger partial charge in [0.2, 0.25) is 6.10 Å². The number of carbonyl (C=O) groups is 1. The molecule has 0 radical (unpaired) electrons. The van der Waals surface area contributed by atoms with Crippen LogP contribution in [0.3, 0.4) is 0 Å². The van der Waals surface area contributed by atoms with Crippen LogP contribution in [0.5, 0.6) is 5.75 Å². The maximum absolute atomic E-state index is 13.3. The molecule has 0 saturated heterocycles. The summed E-state index contributed by atoms with van der Waals surface area (Å²) in [5, 5.41) is 4.38. The van der Waals surface area contributed by atoms with Gasteiger partial charge in [-0.3, -0.25) is 0 Å². The number of esters is 1. The van der Waals surface area contributed by atoms with Crippen molar-refractivity contribution in [1.82, 2.24) is 0 Å². The van der Waals surface area contributed by atoms with Crippen LogP contribution in [-0.2, 0) is 32.3 Å². The van der Waals surface area contributed by atoms with Crippen LogP contribution in [0.15, 0.2) is 41.6 Å². The summed E-state index contributed by atoms with van der Waals surface area (Å²) >= 11 is 6.10. The summed E-state index contributed by atoms with van der Waals surface area (Å²) in [6, 6.07) is 9.39. The van der Waals surface area contributed by atoms with Crippen molar-refractivity contribution in [2.45, 2.75) is 25.7 Å². The molecule has 2 aliphatic rings. The second kappa shape index (κ2) is 7.54. The van der Waals surface area contributed by atoms with Crippen molar-refractivity contribution in [2.75, 3.05) is 6.79 Å². The Kier molecular flexibility index (Phi) is 4.96. The van der Waals surface area contributed by atoms with Gasteiger partial charge in [-0.15, -0.1) is 0 Å². The molecule has 2 heterocycles. The number of nitrogens with zero attached hydrogens (tertiary/aromatic N) is 1. The Morgan fingerprint density at radius 1 is 1.33 bits per heavy atom. The Labute approximate surface area is 159 Å². The Bertz CT molecular complexity index is 917. The fourth-order valence-electron chi connectivity index (χ4n) is 2.95. The Morgan fingerprint density at radius 2 is 2.22 bits per heavy atom.